The van der Waals surface area contributed by atoms with E-state index in [1.54, 1.807) is 0 Å². The third kappa shape index (κ3) is 2.04. The Morgan fingerprint density at radius 2 is 2.29 bits per heavy atom. The van der Waals surface area contributed by atoms with Crippen LogP contribution >= 0.6 is 0 Å². The highest BCUT2D eigenvalue weighted by Crippen LogP contribution is 2.16. The lowest BCUT2D eigenvalue weighted by Gasteiger charge is -2.17. The number of rotatable bonds is 2. The van der Waals surface area contributed by atoms with Gasteiger partial charge in [0.2, 0.25) is 5.88 Å². The van der Waals surface area contributed by atoms with Crippen molar-refractivity contribution < 1.29 is 4.74 Å². The first-order valence-corrected chi connectivity index (χ1v) is 5.12. The highest BCUT2D eigenvalue weighted by molar-refractivity contribution is 5.27. The summed E-state index contributed by atoms with van der Waals surface area (Å²) in [6.07, 6.45) is 1.20. The largest absolute Gasteiger partial charge is 0.475 e. The molecule has 0 atom stereocenters. The molecule has 0 radical (unpaired) electrons. The molecule has 3 heteroatoms. The summed E-state index contributed by atoms with van der Waals surface area (Å²) < 4.78 is 5.55. The second kappa shape index (κ2) is 3.96. The Balaban J connectivity index is 2.20. The van der Waals surface area contributed by atoms with Crippen LogP contribution in [0.25, 0.3) is 0 Å². The second-order valence-corrected chi connectivity index (χ2v) is 3.85. The van der Waals surface area contributed by atoms with Crippen LogP contribution in [0, 0.1) is 0 Å². The van der Waals surface area contributed by atoms with Gasteiger partial charge in [0.1, 0.15) is 0 Å². The van der Waals surface area contributed by atoms with E-state index >= 15 is 0 Å². The van der Waals surface area contributed by atoms with Gasteiger partial charge in [0.25, 0.3) is 0 Å². The van der Waals surface area contributed by atoms with Gasteiger partial charge in [-0.3, -0.25) is 0 Å². The van der Waals surface area contributed by atoms with Crippen molar-refractivity contribution in [3.63, 3.8) is 0 Å². The molecule has 0 saturated carbocycles. The molecule has 2 heterocycles. The molecule has 1 N–H and O–H groups in total. The Morgan fingerprint density at radius 1 is 1.43 bits per heavy atom. The molecule has 0 unspecified atom stereocenters. The zero-order valence-corrected chi connectivity index (χ0v) is 8.71. The van der Waals surface area contributed by atoms with E-state index in [1.807, 2.05) is 19.9 Å². The van der Waals surface area contributed by atoms with Crippen LogP contribution in [0.2, 0.25) is 0 Å². The summed E-state index contributed by atoms with van der Waals surface area (Å²) in [7, 11) is 0. The number of pyridine rings is 1. The SMILES string of the molecule is CC(C)Oc1ccc2c(n1)CCNC2. The fraction of sp³-hybridized carbons (Fsp3) is 0.545. The smallest absolute Gasteiger partial charge is 0.213 e. The van der Waals surface area contributed by atoms with Crippen LogP contribution < -0.4 is 10.1 Å². The lowest BCUT2D eigenvalue weighted by molar-refractivity contribution is 0.231. The molecular formula is C11H16N2O. The Morgan fingerprint density at radius 3 is 3.07 bits per heavy atom. The van der Waals surface area contributed by atoms with Gasteiger partial charge in [-0.1, -0.05) is 6.07 Å². The van der Waals surface area contributed by atoms with Gasteiger partial charge >= 0.3 is 0 Å². The van der Waals surface area contributed by atoms with Crippen molar-refractivity contribution >= 4 is 0 Å². The van der Waals surface area contributed by atoms with E-state index < -0.39 is 0 Å². The van der Waals surface area contributed by atoms with E-state index in [-0.39, 0.29) is 6.10 Å². The van der Waals surface area contributed by atoms with Crippen molar-refractivity contribution in [1.29, 1.82) is 0 Å². The van der Waals surface area contributed by atoms with Crippen LogP contribution in [-0.2, 0) is 13.0 Å². The Labute approximate surface area is 84.5 Å². The fourth-order valence-corrected chi connectivity index (χ4v) is 1.62. The second-order valence-electron chi connectivity index (χ2n) is 3.85. The van der Waals surface area contributed by atoms with Crippen LogP contribution in [-0.4, -0.2) is 17.6 Å². The minimum absolute atomic E-state index is 0.197. The maximum absolute atomic E-state index is 5.55. The first-order valence-electron chi connectivity index (χ1n) is 5.12. The van der Waals surface area contributed by atoms with Gasteiger partial charge in [-0.05, 0) is 19.4 Å². The summed E-state index contributed by atoms with van der Waals surface area (Å²) >= 11 is 0. The Kier molecular flexibility index (Phi) is 2.68. The predicted molar refractivity (Wildman–Crippen MR) is 55.4 cm³/mol. The summed E-state index contributed by atoms with van der Waals surface area (Å²) in [6.45, 7) is 5.99. The number of hydrogen-bond donors (Lipinski definition) is 1. The van der Waals surface area contributed by atoms with Crippen LogP contribution in [0.3, 0.4) is 0 Å². The summed E-state index contributed by atoms with van der Waals surface area (Å²) in [5.41, 5.74) is 2.48. The molecule has 0 fully saturated rings. The first-order chi connectivity index (χ1) is 6.75. The van der Waals surface area contributed by atoms with Crippen molar-refractivity contribution in [3.8, 4) is 5.88 Å². The van der Waals surface area contributed by atoms with Gasteiger partial charge in [-0.2, -0.15) is 0 Å². The molecule has 0 aliphatic carbocycles. The average Bonchev–Trinajstić information content (AvgIpc) is 2.17. The lowest BCUT2D eigenvalue weighted by atomic mass is 10.1. The summed E-state index contributed by atoms with van der Waals surface area (Å²) in [5.74, 6) is 0.751. The van der Waals surface area contributed by atoms with E-state index in [4.69, 9.17) is 4.74 Å². The molecule has 0 bridgehead atoms. The van der Waals surface area contributed by atoms with Crippen molar-refractivity contribution in [2.24, 2.45) is 0 Å². The molecular weight excluding hydrogens is 176 g/mol. The molecule has 0 aromatic carbocycles. The fourth-order valence-electron chi connectivity index (χ4n) is 1.62. The molecule has 1 aromatic heterocycles. The summed E-state index contributed by atoms with van der Waals surface area (Å²) in [4.78, 5) is 4.49. The van der Waals surface area contributed by atoms with Crippen molar-refractivity contribution in [1.82, 2.24) is 10.3 Å². The molecule has 1 aliphatic heterocycles. The van der Waals surface area contributed by atoms with Crippen LogP contribution in [0.5, 0.6) is 5.88 Å². The van der Waals surface area contributed by atoms with E-state index in [9.17, 15) is 0 Å². The van der Waals surface area contributed by atoms with E-state index in [1.165, 1.54) is 11.3 Å². The third-order valence-corrected chi connectivity index (χ3v) is 2.25. The monoisotopic (exact) mass is 192 g/mol. The number of nitrogens with zero attached hydrogens (tertiary/aromatic N) is 1. The standard InChI is InChI=1S/C11H16N2O/c1-8(2)14-11-4-3-9-7-12-6-5-10(9)13-11/h3-4,8,12H,5-7H2,1-2H3. The molecule has 2 rings (SSSR count). The lowest BCUT2D eigenvalue weighted by Crippen LogP contribution is -2.24. The number of ether oxygens (including phenoxy) is 1. The van der Waals surface area contributed by atoms with Crippen LogP contribution in [0.15, 0.2) is 12.1 Å². The van der Waals surface area contributed by atoms with Crippen molar-refractivity contribution in [2.75, 3.05) is 6.54 Å². The van der Waals surface area contributed by atoms with Crippen LogP contribution in [0.1, 0.15) is 25.1 Å². The van der Waals surface area contributed by atoms with Gasteiger partial charge in [0, 0.05) is 25.6 Å². The molecule has 76 valence electrons. The highest BCUT2D eigenvalue weighted by atomic mass is 16.5. The number of aromatic nitrogens is 1. The zero-order chi connectivity index (χ0) is 9.97. The molecule has 0 amide bonds. The molecule has 14 heavy (non-hydrogen) atoms. The number of fused-ring (bicyclic) bond motifs is 1. The Bertz CT molecular complexity index is 323. The minimum Gasteiger partial charge on any atom is -0.475 e. The van der Waals surface area contributed by atoms with Gasteiger partial charge in [0.05, 0.1) is 11.8 Å². The molecule has 0 saturated heterocycles. The minimum atomic E-state index is 0.197. The summed E-state index contributed by atoms with van der Waals surface area (Å²) in [6, 6.07) is 4.05. The number of hydrogen-bond acceptors (Lipinski definition) is 3. The quantitative estimate of drug-likeness (QED) is 0.771. The van der Waals surface area contributed by atoms with Gasteiger partial charge in [-0.15, -0.1) is 0 Å². The van der Waals surface area contributed by atoms with E-state index in [2.05, 4.69) is 16.4 Å². The highest BCUT2D eigenvalue weighted by Gasteiger charge is 2.11. The van der Waals surface area contributed by atoms with Gasteiger partial charge in [0.15, 0.2) is 0 Å². The van der Waals surface area contributed by atoms with E-state index in [0.29, 0.717) is 0 Å². The topological polar surface area (TPSA) is 34.1 Å². The Hall–Kier alpha value is -1.09. The maximum atomic E-state index is 5.55. The first kappa shape index (κ1) is 9.46. The van der Waals surface area contributed by atoms with Gasteiger partial charge in [-0.25, -0.2) is 4.98 Å². The van der Waals surface area contributed by atoms with Gasteiger partial charge < -0.3 is 10.1 Å². The van der Waals surface area contributed by atoms with Crippen molar-refractivity contribution in [3.05, 3.63) is 23.4 Å². The normalized spacial score (nSPS) is 15.4. The molecule has 1 aliphatic rings. The molecule has 1 aromatic rings. The number of nitrogens with one attached hydrogen (secondary N) is 1. The third-order valence-electron chi connectivity index (χ3n) is 2.25. The predicted octanol–water partition coefficient (Wildman–Crippen LogP) is 1.51. The molecule has 0 spiro atoms. The summed E-state index contributed by atoms with van der Waals surface area (Å²) in [5, 5.41) is 3.32. The molecule has 3 nitrogen and oxygen atoms in total. The average molecular weight is 192 g/mol. The maximum Gasteiger partial charge on any atom is 0.213 e. The van der Waals surface area contributed by atoms with E-state index in [0.717, 1.165) is 25.4 Å². The zero-order valence-electron chi connectivity index (χ0n) is 8.71. The van der Waals surface area contributed by atoms with Crippen LogP contribution in [0.4, 0.5) is 0 Å². The van der Waals surface area contributed by atoms with Crippen molar-refractivity contribution in [2.45, 2.75) is 32.9 Å².